The zero-order valence-corrected chi connectivity index (χ0v) is 10.4. The van der Waals surface area contributed by atoms with Gasteiger partial charge in [-0.25, -0.2) is 4.98 Å². The Morgan fingerprint density at radius 1 is 1.33 bits per heavy atom. The summed E-state index contributed by atoms with van der Waals surface area (Å²) in [5, 5.41) is 6.81. The van der Waals surface area contributed by atoms with Crippen molar-refractivity contribution in [2.75, 3.05) is 5.32 Å². The number of rotatable bonds is 1. The minimum Gasteiger partial charge on any atom is -0.358 e. The van der Waals surface area contributed by atoms with Gasteiger partial charge in [0.2, 0.25) is 0 Å². The van der Waals surface area contributed by atoms with Crippen LogP contribution in [0.15, 0.2) is 18.2 Å². The first-order valence-corrected chi connectivity index (χ1v) is 5.30. The maximum Gasteiger partial charge on any atom is 0.172 e. The van der Waals surface area contributed by atoms with Gasteiger partial charge in [-0.1, -0.05) is 6.07 Å². The Bertz CT molecular complexity index is 355. The van der Waals surface area contributed by atoms with Crippen LogP contribution in [0.5, 0.6) is 0 Å². The molecule has 0 amide bonds. The molecule has 15 heavy (non-hydrogen) atoms. The van der Waals surface area contributed by atoms with Crippen LogP contribution in [-0.2, 0) is 0 Å². The van der Waals surface area contributed by atoms with Crippen LogP contribution in [0.3, 0.4) is 0 Å². The van der Waals surface area contributed by atoms with Gasteiger partial charge < -0.3 is 10.6 Å². The molecule has 0 aliphatic rings. The number of thiocarbonyl (C=S) groups is 1. The van der Waals surface area contributed by atoms with Crippen LogP contribution < -0.4 is 10.6 Å². The third kappa shape index (κ3) is 4.74. The molecule has 0 aromatic carbocycles. The molecule has 82 valence electrons. The van der Waals surface area contributed by atoms with Crippen LogP contribution in [-0.4, -0.2) is 15.6 Å². The molecule has 4 heteroatoms. The van der Waals surface area contributed by atoms with E-state index in [0.29, 0.717) is 5.11 Å². The van der Waals surface area contributed by atoms with E-state index in [1.165, 1.54) is 0 Å². The largest absolute Gasteiger partial charge is 0.358 e. The zero-order valence-electron chi connectivity index (χ0n) is 9.59. The Hall–Kier alpha value is -1.16. The zero-order chi connectivity index (χ0) is 11.5. The Kier molecular flexibility index (Phi) is 3.63. The summed E-state index contributed by atoms with van der Waals surface area (Å²) in [6.45, 7) is 8.13. The van der Waals surface area contributed by atoms with E-state index in [-0.39, 0.29) is 5.54 Å². The maximum atomic E-state index is 5.17. The van der Waals surface area contributed by atoms with E-state index in [1.54, 1.807) is 0 Å². The van der Waals surface area contributed by atoms with E-state index >= 15 is 0 Å². The highest BCUT2D eigenvalue weighted by Crippen LogP contribution is 2.05. The number of anilines is 1. The highest BCUT2D eigenvalue weighted by atomic mass is 32.1. The van der Waals surface area contributed by atoms with Crippen molar-refractivity contribution in [3.63, 3.8) is 0 Å². The Labute approximate surface area is 96.3 Å². The number of aromatic nitrogens is 1. The molecule has 1 aromatic heterocycles. The van der Waals surface area contributed by atoms with Crippen molar-refractivity contribution in [2.24, 2.45) is 0 Å². The lowest BCUT2D eigenvalue weighted by Crippen LogP contribution is -2.43. The molecule has 0 atom stereocenters. The maximum absolute atomic E-state index is 5.17. The van der Waals surface area contributed by atoms with Gasteiger partial charge in [-0.2, -0.15) is 0 Å². The minimum absolute atomic E-state index is 0.0338. The third-order valence-corrected chi connectivity index (χ3v) is 1.82. The average molecular weight is 223 g/mol. The Morgan fingerprint density at radius 2 is 2.00 bits per heavy atom. The summed E-state index contributed by atoms with van der Waals surface area (Å²) < 4.78 is 0. The van der Waals surface area contributed by atoms with Crippen LogP contribution in [0.4, 0.5) is 5.82 Å². The molecule has 0 saturated heterocycles. The van der Waals surface area contributed by atoms with E-state index in [0.717, 1.165) is 11.5 Å². The lowest BCUT2D eigenvalue weighted by atomic mass is 10.1. The summed E-state index contributed by atoms with van der Waals surface area (Å²) in [6.07, 6.45) is 0. The number of hydrogen-bond acceptors (Lipinski definition) is 2. The van der Waals surface area contributed by atoms with Crippen molar-refractivity contribution < 1.29 is 0 Å². The molecule has 0 radical (unpaired) electrons. The van der Waals surface area contributed by atoms with E-state index in [1.807, 2.05) is 25.1 Å². The lowest BCUT2D eigenvalue weighted by molar-refractivity contribution is 0.515. The summed E-state index contributed by atoms with van der Waals surface area (Å²) in [5.41, 5.74) is 0.937. The number of aryl methyl sites for hydroxylation is 1. The van der Waals surface area contributed by atoms with Crippen molar-refractivity contribution in [2.45, 2.75) is 33.2 Å². The van der Waals surface area contributed by atoms with Crippen LogP contribution in [0.25, 0.3) is 0 Å². The number of pyridine rings is 1. The lowest BCUT2D eigenvalue weighted by Gasteiger charge is -2.22. The monoisotopic (exact) mass is 223 g/mol. The number of nitrogens with zero attached hydrogens (tertiary/aromatic N) is 1. The fourth-order valence-corrected chi connectivity index (χ4v) is 1.51. The number of nitrogens with one attached hydrogen (secondary N) is 2. The van der Waals surface area contributed by atoms with Gasteiger partial charge in [-0.15, -0.1) is 0 Å². The van der Waals surface area contributed by atoms with Gasteiger partial charge in [0.25, 0.3) is 0 Å². The Morgan fingerprint density at radius 3 is 2.53 bits per heavy atom. The van der Waals surface area contributed by atoms with Gasteiger partial charge >= 0.3 is 0 Å². The molecule has 0 spiro atoms. The standard InChI is InChI=1S/C11H17N3S/c1-8-6-5-7-9(12-8)13-10(15)14-11(2,3)4/h5-7H,1-4H3,(H2,12,13,14,15). The summed E-state index contributed by atoms with van der Waals surface area (Å²) in [6, 6.07) is 5.79. The molecular weight excluding hydrogens is 206 g/mol. The van der Waals surface area contributed by atoms with Gasteiger partial charge in [0.1, 0.15) is 5.82 Å². The molecule has 1 rings (SSSR count). The molecular formula is C11H17N3S. The van der Waals surface area contributed by atoms with E-state index in [9.17, 15) is 0 Å². The van der Waals surface area contributed by atoms with Gasteiger partial charge in [0, 0.05) is 11.2 Å². The smallest absolute Gasteiger partial charge is 0.172 e. The summed E-state index contributed by atoms with van der Waals surface area (Å²) in [4.78, 5) is 4.30. The van der Waals surface area contributed by atoms with Gasteiger partial charge in [-0.05, 0) is 52.0 Å². The van der Waals surface area contributed by atoms with Gasteiger partial charge in [0.15, 0.2) is 5.11 Å². The molecule has 2 N–H and O–H groups in total. The predicted molar refractivity (Wildman–Crippen MR) is 68.1 cm³/mol. The van der Waals surface area contributed by atoms with E-state index in [2.05, 4.69) is 36.4 Å². The predicted octanol–water partition coefficient (Wildman–Crippen LogP) is 2.47. The third-order valence-electron chi connectivity index (χ3n) is 1.62. The van der Waals surface area contributed by atoms with E-state index in [4.69, 9.17) is 12.2 Å². The molecule has 0 saturated carbocycles. The SMILES string of the molecule is Cc1cccc(NC(=S)NC(C)(C)C)n1. The highest BCUT2D eigenvalue weighted by molar-refractivity contribution is 7.80. The van der Waals surface area contributed by atoms with Crippen molar-refractivity contribution in [3.05, 3.63) is 23.9 Å². The molecule has 0 aliphatic carbocycles. The topological polar surface area (TPSA) is 37.0 Å². The second kappa shape index (κ2) is 4.57. The van der Waals surface area contributed by atoms with Crippen LogP contribution >= 0.6 is 12.2 Å². The fourth-order valence-electron chi connectivity index (χ4n) is 1.10. The number of hydrogen-bond donors (Lipinski definition) is 2. The highest BCUT2D eigenvalue weighted by Gasteiger charge is 2.10. The summed E-state index contributed by atoms with van der Waals surface area (Å²) in [7, 11) is 0. The average Bonchev–Trinajstić information content (AvgIpc) is 1.99. The van der Waals surface area contributed by atoms with Gasteiger partial charge in [-0.3, -0.25) is 0 Å². The molecule has 0 bridgehead atoms. The Balaban J connectivity index is 2.59. The summed E-state index contributed by atoms with van der Waals surface area (Å²) >= 11 is 5.17. The van der Waals surface area contributed by atoms with Crippen molar-refractivity contribution in [1.82, 2.24) is 10.3 Å². The molecule has 0 aliphatic heterocycles. The molecule has 1 aromatic rings. The van der Waals surface area contributed by atoms with Gasteiger partial charge in [0.05, 0.1) is 0 Å². The van der Waals surface area contributed by atoms with Crippen LogP contribution in [0, 0.1) is 6.92 Å². The van der Waals surface area contributed by atoms with E-state index < -0.39 is 0 Å². The molecule has 0 fully saturated rings. The van der Waals surface area contributed by atoms with Crippen LogP contribution in [0.1, 0.15) is 26.5 Å². The fraction of sp³-hybridized carbons (Fsp3) is 0.455. The van der Waals surface area contributed by atoms with Crippen molar-refractivity contribution >= 4 is 23.1 Å². The van der Waals surface area contributed by atoms with Crippen molar-refractivity contribution in [1.29, 1.82) is 0 Å². The first-order chi connectivity index (χ1) is 6.87. The normalized spacial score (nSPS) is 10.9. The molecule has 1 heterocycles. The second-order valence-electron chi connectivity index (χ2n) is 4.49. The quantitative estimate of drug-likeness (QED) is 0.717. The molecule has 0 unspecified atom stereocenters. The minimum atomic E-state index is -0.0338. The van der Waals surface area contributed by atoms with Crippen LogP contribution in [0.2, 0.25) is 0 Å². The first-order valence-electron chi connectivity index (χ1n) is 4.90. The first kappa shape index (κ1) is 11.9. The van der Waals surface area contributed by atoms with Crippen molar-refractivity contribution in [3.8, 4) is 0 Å². The summed E-state index contributed by atoms with van der Waals surface area (Å²) in [5.74, 6) is 0.775. The second-order valence-corrected chi connectivity index (χ2v) is 4.90. The molecule has 3 nitrogen and oxygen atoms in total.